The lowest BCUT2D eigenvalue weighted by molar-refractivity contribution is 0.00390. The zero-order valence-corrected chi connectivity index (χ0v) is 28.6. The van der Waals surface area contributed by atoms with E-state index in [4.69, 9.17) is 14.2 Å². The molecule has 0 spiro atoms. The molecule has 0 atom stereocenters. The fourth-order valence-corrected chi connectivity index (χ4v) is 5.15. The normalized spacial score (nSPS) is 12.8. The summed E-state index contributed by atoms with van der Waals surface area (Å²) in [5.41, 5.74) is 0.449. The van der Waals surface area contributed by atoms with E-state index in [9.17, 15) is 13.6 Å². The summed E-state index contributed by atoms with van der Waals surface area (Å²) in [7, 11) is -1.25. The number of nitrogens with one attached hydrogen (secondary N) is 2. The number of aliphatic imine (C=N–C) groups is 1. The Morgan fingerprint density at radius 2 is 1.82 bits per heavy atom. The second-order valence-corrected chi connectivity index (χ2v) is 19.1. The van der Waals surface area contributed by atoms with Crippen LogP contribution in [0.2, 0.25) is 25.7 Å². The number of halogens is 4. The topological polar surface area (TPSA) is 99.0 Å². The van der Waals surface area contributed by atoms with Crippen molar-refractivity contribution >= 4 is 47.8 Å². The highest BCUT2D eigenvalue weighted by atomic mass is 32.2. The van der Waals surface area contributed by atoms with Crippen molar-refractivity contribution in [1.29, 1.82) is 0 Å². The van der Waals surface area contributed by atoms with E-state index in [0.717, 1.165) is 35.5 Å². The van der Waals surface area contributed by atoms with Crippen LogP contribution in [0.15, 0.2) is 35.6 Å². The van der Waals surface area contributed by atoms with Crippen LogP contribution in [0.4, 0.5) is 28.0 Å². The van der Waals surface area contributed by atoms with E-state index in [0.29, 0.717) is 17.6 Å². The highest BCUT2D eigenvalue weighted by Gasteiger charge is 2.30. The molecule has 0 aliphatic heterocycles. The SMILES string of the molecule is CSC(=NCC(F)(F)CNC(=O)OC(C)(C)C)Nc1cc(F)c(Oc2ccnc3c2c(C)cn3COCC[Si](C)(C)C)c(F)c1. The minimum Gasteiger partial charge on any atom is -0.450 e. The van der Waals surface area contributed by atoms with E-state index >= 15 is 8.78 Å². The summed E-state index contributed by atoms with van der Waals surface area (Å²) in [6, 6.07) is 4.50. The number of hydrogen-bond donors (Lipinski definition) is 2. The fraction of sp³-hybridized carbons (Fsp3) is 0.500. The Balaban J connectivity index is 1.71. The number of amidine groups is 1. The van der Waals surface area contributed by atoms with Crippen molar-refractivity contribution in [1.82, 2.24) is 14.9 Å². The quantitative estimate of drug-likeness (QED) is 0.0662. The molecule has 0 fully saturated rings. The molecule has 3 aromatic rings. The summed E-state index contributed by atoms with van der Waals surface area (Å²) < 4.78 is 77.4. The number of carbonyl (C=O) groups excluding carboxylic acids is 1. The number of hydrogen-bond acceptors (Lipinski definition) is 7. The van der Waals surface area contributed by atoms with Gasteiger partial charge < -0.3 is 29.4 Å². The maximum atomic E-state index is 15.2. The molecule has 9 nitrogen and oxygen atoms in total. The van der Waals surface area contributed by atoms with Gasteiger partial charge in [-0.15, -0.1) is 0 Å². The van der Waals surface area contributed by atoms with Gasteiger partial charge in [0.05, 0.1) is 11.9 Å². The number of alkyl halides is 2. The molecular formula is C30H41F4N5O4SSi. The molecule has 0 unspecified atom stereocenters. The van der Waals surface area contributed by atoms with E-state index in [1.807, 2.05) is 23.0 Å². The molecule has 2 N–H and O–H groups in total. The first-order valence-electron chi connectivity index (χ1n) is 14.3. The number of benzene rings is 1. The van der Waals surface area contributed by atoms with Crippen molar-refractivity contribution < 1.29 is 36.6 Å². The summed E-state index contributed by atoms with van der Waals surface area (Å²) in [5, 5.41) is 5.24. The molecule has 15 heteroatoms. The Bertz CT molecular complexity index is 1500. The molecule has 3 rings (SSSR count). The van der Waals surface area contributed by atoms with Crippen LogP contribution in [0.3, 0.4) is 0 Å². The summed E-state index contributed by atoms with van der Waals surface area (Å²) in [4.78, 5) is 19.9. The van der Waals surface area contributed by atoms with Crippen molar-refractivity contribution in [2.24, 2.45) is 4.99 Å². The number of rotatable bonds is 12. The van der Waals surface area contributed by atoms with E-state index in [-0.39, 0.29) is 23.3 Å². The van der Waals surface area contributed by atoms with Crippen molar-refractivity contribution in [3.63, 3.8) is 0 Å². The molecule has 2 heterocycles. The van der Waals surface area contributed by atoms with Gasteiger partial charge in [-0.1, -0.05) is 31.4 Å². The summed E-state index contributed by atoms with van der Waals surface area (Å²) in [6.45, 7) is 12.4. The summed E-state index contributed by atoms with van der Waals surface area (Å²) in [6.07, 6.45) is 3.92. The molecule has 45 heavy (non-hydrogen) atoms. The molecule has 1 amide bonds. The minimum absolute atomic E-state index is 0.0146. The van der Waals surface area contributed by atoms with Crippen LogP contribution in [0.25, 0.3) is 11.0 Å². The Morgan fingerprint density at radius 1 is 1.16 bits per heavy atom. The minimum atomic E-state index is -3.40. The molecule has 2 aromatic heterocycles. The van der Waals surface area contributed by atoms with Gasteiger partial charge in [0.15, 0.2) is 22.6 Å². The lowest BCUT2D eigenvalue weighted by atomic mass is 10.2. The lowest BCUT2D eigenvalue weighted by Crippen LogP contribution is -2.41. The van der Waals surface area contributed by atoms with Crippen LogP contribution in [0.5, 0.6) is 11.5 Å². The maximum absolute atomic E-state index is 15.2. The standard InChI is InChI=1S/C30H41F4N5O4SSi/c1-19-15-39(18-41-11-12-45(6,7)8)26-24(19)23(9-10-35-26)42-25-21(31)13-20(14-22(25)32)38-27(44-5)36-16-30(33,34)17-37-28(40)43-29(2,3)4/h9-10,13-15H,11-12,16-18H2,1-8H3,(H,36,38)(H,37,40). The Hall–Kier alpha value is -3.30. The maximum Gasteiger partial charge on any atom is 0.407 e. The number of fused-ring (bicyclic) bond motifs is 1. The first kappa shape index (κ1) is 36.2. The number of ether oxygens (including phenoxy) is 3. The van der Waals surface area contributed by atoms with Crippen LogP contribution < -0.4 is 15.4 Å². The van der Waals surface area contributed by atoms with Gasteiger partial charge in [0, 0.05) is 44.9 Å². The zero-order chi connectivity index (χ0) is 33.6. The summed E-state index contributed by atoms with van der Waals surface area (Å²) >= 11 is 0.969. The molecule has 1 aromatic carbocycles. The van der Waals surface area contributed by atoms with Gasteiger partial charge in [0.1, 0.15) is 30.3 Å². The van der Waals surface area contributed by atoms with Crippen LogP contribution in [-0.2, 0) is 16.2 Å². The molecular weight excluding hydrogens is 631 g/mol. The number of anilines is 1. The Labute approximate surface area is 266 Å². The predicted octanol–water partition coefficient (Wildman–Crippen LogP) is 8.02. The third-order valence-electron chi connectivity index (χ3n) is 6.13. The van der Waals surface area contributed by atoms with E-state index in [1.54, 1.807) is 27.0 Å². The highest BCUT2D eigenvalue weighted by Crippen LogP contribution is 2.36. The average Bonchev–Trinajstić information content (AvgIpc) is 3.24. The van der Waals surface area contributed by atoms with Crippen LogP contribution in [-0.4, -0.2) is 66.4 Å². The number of thioether (sulfide) groups is 1. The molecule has 0 aliphatic carbocycles. The second kappa shape index (κ2) is 14.9. The number of alkyl carbamates (subject to hydrolysis) is 1. The second-order valence-electron chi connectivity index (χ2n) is 12.7. The number of amides is 1. The van der Waals surface area contributed by atoms with Crippen LogP contribution in [0, 0.1) is 18.6 Å². The summed E-state index contributed by atoms with van der Waals surface area (Å²) in [5.74, 6) is -5.84. The Kier molecular flexibility index (Phi) is 11.9. The van der Waals surface area contributed by atoms with Gasteiger partial charge in [-0.25, -0.2) is 27.3 Å². The van der Waals surface area contributed by atoms with Gasteiger partial charge in [-0.3, -0.25) is 4.99 Å². The molecule has 0 radical (unpaired) electrons. The predicted molar refractivity (Wildman–Crippen MR) is 174 cm³/mol. The van der Waals surface area contributed by atoms with Gasteiger partial charge in [-0.05, 0) is 51.6 Å². The molecule has 0 saturated heterocycles. The molecule has 0 bridgehead atoms. The van der Waals surface area contributed by atoms with Crippen LogP contribution >= 0.6 is 11.8 Å². The zero-order valence-electron chi connectivity index (χ0n) is 26.8. The lowest BCUT2D eigenvalue weighted by Gasteiger charge is -2.21. The first-order valence-corrected chi connectivity index (χ1v) is 19.2. The Morgan fingerprint density at radius 3 is 2.42 bits per heavy atom. The van der Waals surface area contributed by atoms with Crippen molar-refractivity contribution in [3.8, 4) is 11.5 Å². The van der Waals surface area contributed by atoms with Gasteiger partial charge in [0.25, 0.3) is 5.92 Å². The van der Waals surface area contributed by atoms with Gasteiger partial charge in [0.2, 0.25) is 0 Å². The van der Waals surface area contributed by atoms with Crippen molar-refractivity contribution in [2.45, 2.75) is 71.6 Å². The first-order chi connectivity index (χ1) is 20.9. The number of pyridine rings is 1. The van der Waals surface area contributed by atoms with Crippen molar-refractivity contribution in [2.75, 3.05) is 31.3 Å². The number of nitrogens with zero attached hydrogens (tertiary/aromatic N) is 3. The highest BCUT2D eigenvalue weighted by molar-refractivity contribution is 8.13. The van der Waals surface area contributed by atoms with E-state index in [2.05, 4.69) is 34.9 Å². The van der Waals surface area contributed by atoms with Crippen molar-refractivity contribution in [3.05, 3.63) is 47.8 Å². The van der Waals surface area contributed by atoms with Crippen LogP contribution in [0.1, 0.15) is 26.3 Å². The monoisotopic (exact) mass is 671 g/mol. The smallest absolute Gasteiger partial charge is 0.407 e. The largest absolute Gasteiger partial charge is 0.450 e. The van der Waals surface area contributed by atoms with Gasteiger partial charge >= 0.3 is 6.09 Å². The number of aryl methyl sites for hydroxylation is 1. The molecule has 248 valence electrons. The van der Waals surface area contributed by atoms with E-state index < -0.39 is 56.2 Å². The molecule has 0 saturated carbocycles. The molecule has 0 aliphatic rings. The number of aromatic nitrogens is 2. The fourth-order valence-electron chi connectivity index (χ4n) is 3.98. The van der Waals surface area contributed by atoms with Gasteiger partial charge in [-0.2, -0.15) is 0 Å². The van der Waals surface area contributed by atoms with E-state index in [1.165, 1.54) is 12.3 Å². The average molecular weight is 672 g/mol. The number of carbonyl (C=O) groups is 1. The third kappa shape index (κ3) is 11.2. The third-order valence-corrected chi connectivity index (χ3v) is 8.46.